The summed E-state index contributed by atoms with van der Waals surface area (Å²) >= 11 is 0. The lowest BCUT2D eigenvalue weighted by atomic mass is 9.95. The maximum absolute atomic E-state index is 2.35. The fourth-order valence-corrected chi connectivity index (χ4v) is 9.88. The normalized spacial score (nSPS) is 11.2. The van der Waals surface area contributed by atoms with E-state index in [0.717, 1.165) is 6.16 Å². The largest absolute Gasteiger partial charge is 1.00 e. The minimum absolute atomic E-state index is 0. The van der Waals surface area contributed by atoms with Crippen molar-refractivity contribution in [3.05, 3.63) is 124 Å². The number of benzene rings is 4. The molecule has 0 radical (unpaired) electrons. The third kappa shape index (κ3) is 4.15. The fourth-order valence-electron chi connectivity index (χ4n) is 4.94. The van der Waals surface area contributed by atoms with Crippen LogP contribution in [0.15, 0.2) is 91.0 Å². The maximum atomic E-state index is 2.35. The molecule has 4 aromatic carbocycles. The Balaban J connectivity index is 0.00000289. The van der Waals surface area contributed by atoms with Crippen LogP contribution >= 0.6 is 7.26 Å². The van der Waals surface area contributed by atoms with E-state index in [1.165, 1.54) is 44.0 Å². The molecule has 0 N–H and O–H groups in total. The second kappa shape index (κ2) is 10.0. The highest BCUT2D eigenvalue weighted by molar-refractivity contribution is 7.95. The predicted octanol–water partition coefficient (Wildman–Crippen LogP) is 3.73. The Morgan fingerprint density at radius 3 is 1.22 bits per heavy atom. The van der Waals surface area contributed by atoms with Gasteiger partial charge in [0.1, 0.15) is 23.2 Å². The number of hydrogen-bond acceptors (Lipinski definition) is 0. The van der Waals surface area contributed by atoms with Crippen molar-refractivity contribution in [2.75, 3.05) is 0 Å². The number of rotatable bonds is 5. The monoisotopic (exact) mass is 458 g/mol. The first-order valence-corrected chi connectivity index (χ1v) is 13.0. The van der Waals surface area contributed by atoms with Crippen LogP contribution in [-0.2, 0) is 6.16 Å². The summed E-state index contributed by atoms with van der Waals surface area (Å²) in [6.07, 6.45) is 1.03. The van der Waals surface area contributed by atoms with Crippen LogP contribution < -0.4 is 28.3 Å². The van der Waals surface area contributed by atoms with Gasteiger partial charge in [0, 0.05) is 0 Å². The summed E-state index contributed by atoms with van der Waals surface area (Å²) in [7, 11) is -1.92. The summed E-state index contributed by atoms with van der Waals surface area (Å²) in [5.74, 6) is 0. The summed E-state index contributed by atoms with van der Waals surface area (Å²) in [4.78, 5) is 0. The van der Waals surface area contributed by atoms with Gasteiger partial charge in [0.2, 0.25) is 0 Å². The van der Waals surface area contributed by atoms with Crippen LogP contribution in [0.4, 0.5) is 0 Å². The Morgan fingerprint density at radius 1 is 0.469 bits per heavy atom. The molecule has 0 saturated heterocycles. The second-order valence-electron chi connectivity index (χ2n) is 8.60. The molecule has 0 aliphatic rings. The van der Waals surface area contributed by atoms with Gasteiger partial charge in [-0.15, -0.1) is 0 Å². The molecule has 0 spiro atoms. The van der Waals surface area contributed by atoms with Gasteiger partial charge in [-0.1, -0.05) is 66.7 Å². The van der Waals surface area contributed by atoms with Crippen LogP contribution in [0, 0.1) is 34.6 Å². The van der Waals surface area contributed by atoms with Crippen molar-refractivity contribution in [1.29, 1.82) is 0 Å². The van der Waals surface area contributed by atoms with Crippen LogP contribution in [0.2, 0.25) is 0 Å². The Hall–Kier alpha value is -2.40. The standard InChI is InChI=1S/C30H32P.ClH/c1-22-23(2)25(4)30(26(5)24(22)3)31(28-17-11-7-12-18-28,29-19-13-8-14-20-29)21-27-15-9-6-10-16-27;/h6-20H,21H2,1-5H3;1H/q+1;/p-1. The lowest BCUT2D eigenvalue weighted by Crippen LogP contribution is -3.00. The van der Waals surface area contributed by atoms with Gasteiger partial charge >= 0.3 is 0 Å². The predicted molar refractivity (Wildman–Crippen MR) is 139 cm³/mol. The second-order valence-corrected chi connectivity index (χ2v) is 12.0. The molecule has 0 aliphatic carbocycles. The fraction of sp³-hybridized carbons (Fsp3) is 0.200. The first-order valence-electron chi connectivity index (χ1n) is 11.1. The average Bonchev–Trinajstić information content (AvgIpc) is 2.82. The summed E-state index contributed by atoms with van der Waals surface area (Å²) < 4.78 is 0. The van der Waals surface area contributed by atoms with Gasteiger partial charge in [-0.25, -0.2) is 0 Å². The molecule has 0 fully saturated rings. The smallest absolute Gasteiger partial charge is 0.117 e. The minimum atomic E-state index is -1.92. The molecule has 0 atom stereocenters. The first kappa shape index (κ1) is 24.2. The van der Waals surface area contributed by atoms with Gasteiger partial charge in [0.15, 0.2) is 0 Å². The van der Waals surface area contributed by atoms with E-state index in [1.54, 1.807) is 5.30 Å². The van der Waals surface area contributed by atoms with Gasteiger partial charge in [-0.2, -0.15) is 0 Å². The average molecular weight is 459 g/mol. The molecule has 2 heteroatoms. The lowest BCUT2D eigenvalue weighted by molar-refractivity contribution is -0.00000641. The van der Waals surface area contributed by atoms with E-state index in [0.29, 0.717) is 0 Å². The summed E-state index contributed by atoms with van der Waals surface area (Å²) in [6, 6.07) is 33.6. The van der Waals surface area contributed by atoms with E-state index in [4.69, 9.17) is 0 Å². The van der Waals surface area contributed by atoms with Crippen LogP contribution in [0.5, 0.6) is 0 Å². The van der Waals surface area contributed by atoms with Gasteiger partial charge in [-0.05, 0) is 92.3 Å². The van der Waals surface area contributed by atoms with Crippen molar-refractivity contribution in [2.45, 2.75) is 40.8 Å². The molecular formula is C30H32ClP. The van der Waals surface area contributed by atoms with E-state index in [2.05, 4.69) is 126 Å². The van der Waals surface area contributed by atoms with E-state index < -0.39 is 7.26 Å². The van der Waals surface area contributed by atoms with Crippen LogP contribution in [0.1, 0.15) is 33.4 Å². The minimum Gasteiger partial charge on any atom is -1.00 e. The van der Waals surface area contributed by atoms with Crippen molar-refractivity contribution in [3.63, 3.8) is 0 Å². The highest BCUT2D eigenvalue weighted by Gasteiger charge is 2.48. The molecule has 4 aromatic rings. The Kier molecular flexibility index (Phi) is 7.60. The molecule has 0 amide bonds. The zero-order chi connectivity index (χ0) is 22.0. The van der Waals surface area contributed by atoms with E-state index >= 15 is 0 Å². The molecule has 164 valence electrons. The highest BCUT2D eigenvalue weighted by Crippen LogP contribution is 2.60. The molecule has 4 rings (SSSR count). The van der Waals surface area contributed by atoms with Crippen molar-refractivity contribution in [1.82, 2.24) is 0 Å². The van der Waals surface area contributed by atoms with Gasteiger partial charge in [0.25, 0.3) is 0 Å². The van der Waals surface area contributed by atoms with E-state index in [-0.39, 0.29) is 12.4 Å². The van der Waals surface area contributed by atoms with E-state index in [1.807, 2.05) is 0 Å². The van der Waals surface area contributed by atoms with Crippen LogP contribution in [0.3, 0.4) is 0 Å². The van der Waals surface area contributed by atoms with Crippen molar-refractivity contribution >= 4 is 23.2 Å². The summed E-state index contributed by atoms with van der Waals surface area (Å²) in [6.45, 7) is 11.6. The van der Waals surface area contributed by atoms with Gasteiger partial charge in [-0.3, -0.25) is 0 Å². The van der Waals surface area contributed by atoms with Crippen molar-refractivity contribution < 1.29 is 12.4 Å². The topological polar surface area (TPSA) is 0 Å². The third-order valence-electron chi connectivity index (χ3n) is 7.00. The van der Waals surface area contributed by atoms with Crippen LogP contribution in [0.25, 0.3) is 0 Å². The zero-order valence-corrected chi connectivity index (χ0v) is 21.3. The Bertz CT molecular complexity index is 1110. The van der Waals surface area contributed by atoms with Crippen LogP contribution in [-0.4, -0.2) is 0 Å². The van der Waals surface area contributed by atoms with Crippen molar-refractivity contribution in [3.8, 4) is 0 Å². The molecule has 0 aromatic heterocycles. The third-order valence-corrected chi connectivity index (χ3v) is 11.6. The van der Waals surface area contributed by atoms with Crippen molar-refractivity contribution in [2.24, 2.45) is 0 Å². The number of halogens is 1. The molecule has 32 heavy (non-hydrogen) atoms. The molecule has 0 saturated carbocycles. The summed E-state index contributed by atoms with van der Waals surface area (Å²) in [5.41, 5.74) is 8.61. The van der Waals surface area contributed by atoms with Gasteiger partial charge < -0.3 is 12.4 Å². The van der Waals surface area contributed by atoms with Gasteiger partial charge in [0.05, 0.1) is 6.16 Å². The molecule has 0 nitrogen and oxygen atoms in total. The SMILES string of the molecule is Cc1c(C)c(C)c([P+](Cc2ccccc2)(c2ccccc2)c2ccccc2)c(C)c1C.[Cl-]. The first-order chi connectivity index (χ1) is 15.0. The molecule has 0 unspecified atom stereocenters. The molecule has 0 bridgehead atoms. The molecular weight excluding hydrogens is 427 g/mol. The molecule has 0 heterocycles. The highest BCUT2D eigenvalue weighted by atomic mass is 35.5. The Morgan fingerprint density at radius 2 is 0.812 bits per heavy atom. The van der Waals surface area contributed by atoms with E-state index in [9.17, 15) is 0 Å². The maximum Gasteiger partial charge on any atom is 0.117 e. The summed E-state index contributed by atoms with van der Waals surface area (Å²) in [5, 5.41) is 4.48. The Labute approximate surface area is 200 Å². The molecule has 0 aliphatic heterocycles. The zero-order valence-electron chi connectivity index (χ0n) is 19.7. The lowest BCUT2D eigenvalue weighted by Gasteiger charge is -2.32. The number of hydrogen-bond donors (Lipinski definition) is 0. The quantitative estimate of drug-likeness (QED) is 0.400.